The molecule has 3 rings (SSSR count). The second-order valence-corrected chi connectivity index (χ2v) is 12.5. The van der Waals surface area contributed by atoms with Gasteiger partial charge in [-0.05, 0) is 44.0 Å². The third-order valence-corrected chi connectivity index (χ3v) is 9.16. The Bertz CT molecular complexity index is 775. The van der Waals surface area contributed by atoms with Crippen molar-refractivity contribution in [3.8, 4) is 11.1 Å². The summed E-state index contributed by atoms with van der Waals surface area (Å²) in [5, 5.41) is 13.2. The number of rotatable bonds is 4. The molecule has 4 heteroatoms. The van der Waals surface area contributed by atoms with Gasteiger partial charge in [0, 0.05) is 0 Å². The van der Waals surface area contributed by atoms with Crippen molar-refractivity contribution in [1.82, 2.24) is 0 Å². The summed E-state index contributed by atoms with van der Waals surface area (Å²) in [6.45, 7) is 12.2. The van der Waals surface area contributed by atoms with E-state index in [0.717, 1.165) is 5.46 Å². The van der Waals surface area contributed by atoms with Crippen LogP contribution in [0.25, 0.3) is 11.1 Å². The van der Waals surface area contributed by atoms with Crippen LogP contribution in [-0.4, -0.2) is 31.9 Å². The Balaban J connectivity index is 2.00. The lowest BCUT2D eigenvalue weighted by Crippen LogP contribution is -2.57. The molecule has 1 radical (unpaired) electrons. The van der Waals surface area contributed by atoms with Gasteiger partial charge in [0.2, 0.25) is 0 Å². The molecule has 125 valence electrons. The van der Waals surface area contributed by atoms with Gasteiger partial charge in [-0.25, -0.2) is 0 Å². The number of hydrogen-bond acceptors (Lipinski definition) is 2. The molecule has 0 atom stereocenters. The monoisotopic (exact) mass is 337 g/mol. The average Bonchev–Trinajstić information content (AvgIpc) is 2.74. The molecule has 0 amide bonds. The highest BCUT2D eigenvalue weighted by Crippen LogP contribution is 2.28. The van der Waals surface area contributed by atoms with Crippen LogP contribution < -0.4 is 15.8 Å². The standard InChI is InChI=1S/C20H26BO2Si/c1-19(2,22)20(3,4)23-21-16-12-9-11-15-14-10-7-8-13-17(14)24(5,6)18(15)16/h7-13,22H,1-6H3. The SMILES string of the molecule is CC(C)(O)C(C)(C)O[B]c1cccc2c1[Si](C)(C)c1ccccc1-2. The van der Waals surface area contributed by atoms with Crippen LogP contribution in [0.2, 0.25) is 13.1 Å². The van der Waals surface area contributed by atoms with Gasteiger partial charge < -0.3 is 9.76 Å². The summed E-state index contributed by atoms with van der Waals surface area (Å²) in [6.07, 6.45) is 0. The van der Waals surface area contributed by atoms with Crippen molar-refractivity contribution in [3.63, 3.8) is 0 Å². The molecule has 1 aliphatic rings. The summed E-state index contributed by atoms with van der Waals surface area (Å²) < 4.78 is 6.04. The first-order valence-corrected chi connectivity index (χ1v) is 11.5. The maximum absolute atomic E-state index is 10.3. The molecule has 1 N–H and O–H groups in total. The topological polar surface area (TPSA) is 29.5 Å². The lowest BCUT2D eigenvalue weighted by molar-refractivity contribution is -0.0893. The summed E-state index contributed by atoms with van der Waals surface area (Å²) in [5.74, 6) is 0. The largest absolute Gasteiger partial charge is 0.427 e. The molecule has 1 heterocycles. The van der Waals surface area contributed by atoms with Crippen LogP contribution in [0.5, 0.6) is 0 Å². The van der Waals surface area contributed by atoms with Gasteiger partial charge in [0.05, 0.1) is 11.2 Å². The molecule has 1 aliphatic heterocycles. The Labute approximate surface area is 147 Å². The number of hydrogen-bond donors (Lipinski definition) is 1. The highest BCUT2D eigenvalue weighted by atomic mass is 28.3. The van der Waals surface area contributed by atoms with E-state index in [2.05, 4.69) is 55.6 Å². The minimum Gasteiger partial charge on any atom is -0.427 e. The molecule has 2 nitrogen and oxygen atoms in total. The van der Waals surface area contributed by atoms with E-state index in [-0.39, 0.29) is 0 Å². The second kappa shape index (κ2) is 5.58. The van der Waals surface area contributed by atoms with Crippen LogP contribution in [0, 0.1) is 0 Å². The van der Waals surface area contributed by atoms with Crippen molar-refractivity contribution in [3.05, 3.63) is 42.5 Å². The van der Waals surface area contributed by atoms with E-state index < -0.39 is 19.3 Å². The molecule has 0 unspecified atom stereocenters. The molecule has 0 fully saturated rings. The first kappa shape index (κ1) is 17.5. The minimum absolute atomic E-state index is 0.660. The van der Waals surface area contributed by atoms with Crippen molar-refractivity contribution in [2.45, 2.75) is 52.0 Å². The fraction of sp³-hybridized carbons (Fsp3) is 0.400. The fourth-order valence-electron chi connectivity index (χ4n) is 3.34. The zero-order valence-corrected chi connectivity index (χ0v) is 16.5. The molecule has 0 bridgehead atoms. The van der Waals surface area contributed by atoms with Gasteiger partial charge in [-0.15, -0.1) is 0 Å². The maximum atomic E-state index is 10.3. The maximum Gasteiger partial charge on any atom is 0.330 e. The lowest BCUT2D eigenvalue weighted by atomic mass is 9.81. The highest BCUT2D eigenvalue weighted by Gasteiger charge is 2.40. The fourth-order valence-corrected chi connectivity index (χ4v) is 6.77. The van der Waals surface area contributed by atoms with Gasteiger partial charge in [0.15, 0.2) is 0 Å². The van der Waals surface area contributed by atoms with E-state index in [0.29, 0.717) is 0 Å². The molecule has 2 aromatic rings. The highest BCUT2D eigenvalue weighted by molar-refractivity contribution is 7.05. The third kappa shape index (κ3) is 2.67. The Morgan fingerprint density at radius 3 is 2.21 bits per heavy atom. The van der Waals surface area contributed by atoms with Crippen molar-refractivity contribution >= 4 is 31.4 Å². The average molecular weight is 337 g/mol. The van der Waals surface area contributed by atoms with Crippen molar-refractivity contribution in [1.29, 1.82) is 0 Å². The summed E-state index contributed by atoms with van der Waals surface area (Å²) in [5.41, 5.74) is 2.25. The Morgan fingerprint density at radius 1 is 0.917 bits per heavy atom. The zero-order valence-electron chi connectivity index (χ0n) is 15.5. The summed E-state index contributed by atoms with van der Waals surface area (Å²) in [7, 11) is 0.103. The Kier molecular flexibility index (Phi) is 4.06. The van der Waals surface area contributed by atoms with Gasteiger partial charge >= 0.3 is 7.48 Å². The molecule has 0 spiro atoms. The summed E-state index contributed by atoms with van der Waals surface area (Å²) in [4.78, 5) is 0. The predicted octanol–water partition coefficient (Wildman–Crippen LogP) is 2.30. The number of aliphatic hydroxyl groups is 1. The van der Waals surface area contributed by atoms with E-state index in [1.807, 2.05) is 21.3 Å². The van der Waals surface area contributed by atoms with Crippen LogP contribution in [0.4, 0.5) is 0 Å². The molecule has 2 aromatic carbocycles. The Hall–Kier alpha value is -1.36. The van der Waals surface area contributed by atoms with E-state index in [1.165, 1.54) is 21.5 Å². The lowest BCUT2D eigenvalue weighted by Gasteiger charge is -2.38. The van der Waals surface area contributed by atoms with Gasteiger partial charge in [-0.2, -0.15) is 0 Å². The van der Waals surface area contributed by atoms with Crippen molar-refractivity contribution < 1.29 is 9.76 Å². The number of benzene rings is 2. The van der Waals surface area contributed by atoms with Crippen LogP contribution >= 0.6 is 0 Å². The minimum atomic E-state index is -1.74. The molecular weight excluding hydrogens is 311 g/mol. The summed E-state index contributed by atoms with van der Waals surface area (Å²) >= 11 is 0. The molecular formula is C20H26BO2Si. The predicted molar refractivity (Wildman–Crippen MR) is 105 cm³/mol. The Morgan fingerprint density at radius 2 is 1.54 bits per heavy atom. The second-order valence-electron chi connectivity index (χ2n) is 8.25. The van der Waals surface area contributed by atoms with Gasteiger partial charge in [0.1, 0.15) is 8.07 Å². The van der Waals surface area contributed by atoms with E-state index >= 15 is 0 Å². The third-order valence-electron chi connectivity index (χ3n) is 5.57. The smallest absolute Gasteiger partial charge is 0.330 e. The van der Waals surface area contributed by atoms with Crippen molar-refractivity contribution in [2.75, 3.05) is 0 Å². The van der Waals surface area contributed by atoms with Gasteiger partial charge in [-0.1, -0.05) is 66.2 Å². The summed E-state index contributed by atoms with van der Waals surface area (Å²) in [6, 6.07) is 15.2. The molecule has 0 aromatic heterocycles. The van der Waals surface area contributed by atoms with Crippen molar-refractivity contribution in [2.24, 2.45) is 0 Å². The van der Waals surface area contributed by atoms with E-state index in [1.54, 1.807) is 13.8 Å². The van der Waals surface area contributed by atoms with Crippen LogP contribution in [0.15, 0.2) is 42.5 Å². The zero-order chi connectivity index (χ0) is 17.8. The molecule has 0 aliphatic carbocycles. The number of fused-ring (bicyclic) bond motifs is 3. The van der Waals surface area contributed by atoms with E-state index in [4.69, 9.17) is 4.65 Å². The van der Waals surface area contributed by atoms with Gasteiger partial charge in [-0.3, -0.25) is 0 Å². The molecule has 0 saturated heterocycles. The normalized spacial score (nSPS) is 15.8. The quantitative estimate of drug-likeness (QED) is 0.868. The first-order valence-electron chi connectivity index (χ1n) is 8.52. The van der Waals surface area contributed by atoms with Crippen LogP contribution in [0.3, 0.4) is 0 Å². The van der Waals surface area contributed by atoms with E-state index in [9.17, 15) is 5.11 Å². The first-order chi connectivity index (χ1) is 11.1. The molecule has 0 saturated carbocycles. The molecule has 24 heavy (non-hydrogen) atoms. The van der Waals surface area contributed by atoms with Crippen LogP contribution in [0.1, 0.15) is 27.7 Å². The van der Waals surface area contributed by atoms with Gasteiger partial charge in [0.25, 0.3) is 0 Å². The van der Waals surface area contributed by atoms with Crippen LogP contribution in [-0.2, 0) is 4.65 Å².